The molecular formula is C18H25N5O2S. The fourth-order valence-electron chi connectivity index (χ4n) is 3.88. The zero-order valence-corrected chi connectivity index (χ0v) is 16.2. The zero-order chi connectivity index (χ0) is 18.3. The van der Waals surface area contributed by atoms with Gasteiger partial charge < -0.3 is 9.80 Å². The molecule has 0 bridgehead atoms. The van der Waals surface area contributed by atoms with Crippen LogP contribution in [-0.2, 0) is 4.79 Å². The van der Waals surface area contributed by atoms with Gasteiger partial charge in [0.2, 0.25) is 16.0 Å². The molecular weight excluding hydrogens is 350 g/mol. The number of likely N-dealkylation sites (tertiary alicyclic amines) is 1. The second-order valence-electron chi connectivity index (χ2n) is 7.61. The molecule has 0 N–H and O–H groups in total. The monoisotopic (exact) mass is 375 g/mol. The number of nitrogens with zero attached hydrogens (tertiary/aromatic N) is 5. The first-order valence-corrected chi connectivity index (χ1v) is 10.2. The van der Waals surface area contributed by atoms with E-state index >= 15 is 0 Å². The molecule has 1 unspecified atom stereocenters. The van der Waals surface area contributed by atoms with Crippen molar-refractivity contribution in [2.45, 2.75) is 39.5 Å². The maximum absolute atomic E-state index is 12.9. The summed E-state index contributed by atoms with van der Waals surface area (Å²) in [5, 5.41) is 5.24. The van der Waals surface area contributed by atoms with Gasteiger partial charge >= 0.3 is 0 Å². The first-order chi connectivity index (χ1) is 12.5. The molecule has 2 aromatic heterocycles. The van der Waals surface area contributed by atoms with Crippen LogP contribution in [0, 0.1) is 18.8 Å². The zero-order valence-electron chi connectivity index (χ0n) is 15.3. The van der Waals surface area contributed by atoms with Crippen LogP contribution in [-0.4, -0.2) is 51.6 Å². The van der Waals surface area contributed by atoms with Crippen molar-refractivity contribution in [3.8, 4) is 0 Å². The number of piperidine rings is 2. The Bertz CT molecular complexity index is 868. The molecule has 2 fully saturated rings. The summed E-state index contributed by atoms with van der Waals surface area (Å²) in [5.74, 6) is 1.03. The van der Waals surface area contributed by atoms with Crippen molar-refractivity contribution in [3.05, 3.63) is 22.1 Å². The summed E-state index contributed by atoms with van der Waals surface area (Å²) < 4.78 is 1.37. The summed E-state index contributed by atoms with van der Waals surface area (Å²) >= 11 is 1.42. The Kier molecular flexibility index (Phi) is 4.69. The van der Waals surface area contributed by atoms with Crippen LogP contribution in [0.5, 0.6) is 0 Å². The summed E-state index contributed by atoms with van der Waals surface area (Å²) in [6, 6.07) is 1.50. The lowest BCUT2D eigenvalue weighted by atomic mass is 9.94. The first-order valence-electron chi connectivity index (χ1n) is 9.42. The molecule has 0 spiro atoms. The van der Waals surface area contributed by atoms with Gasteiger partial charge in [-0.25, -0.2) is 4.98 Å². The van der Waals surface area contributed by atoms with Crippen molar-refractivity contribution >= 4 is 27.3 Å². The second kappa shape index (κ2) is 6.98. The minimum atomic E-state index is -0.151. The number of amides is 1. The van der Waals surface area contributed by atoms with Crippen LogP contribution in [0.1, 0.15) is 38.3 Å². The summed E-state index contributed by atoms with van der Waals surface area (Å²) in [6.45, 7) is 7.39. The number of rotatable bonds is 2. The van der Waals surface area contributed by atoms with Gasteiger partial charge in [0.15, 0.2) is 0 Å². The van der Waals surface area contributed by atoms with Gasteiger partial charge in [-0.3, -0.25) is 9.59 Å². The molecule has 0 aliphatic carbocycles. The van der Waals surface area contributed by atoms with Gasteiger partial charge in [0.05, 0.1) is 5.92 Å². The largest absolute Gasteiger partial charge is 0.346 e. The number of anilines is 1. The molecule has 8 heteroatoms. The maximum Gasteiger partial charge on any atom is 0.275 e. The van der Waals surface area contributed by atoms with E-state index in [4.69, 9.17) is 0 Å². The van der Waals surface area contributed by atoms with E-state index in [1.807, 2.05) is 11.8 Å². The van der Waals surface area contributed by atoms with Crippen LogP contribution in [0.2, 0.25) is 0 Å². The van der Waals surface area contributed by atoms with Crippen LogP contribution >= 0.6 is 11.3 Å². The third kappa shape index (κ3) is 3.34. The van der Waals surface area contributed by atoms with Gasteiger partial charge in [-0.1, -0.05) is 18.3 Å². The lowest BCUT2D eigenvalue weighted by Gasteiger charge is -2.37. The Morgan fingerprint density at radius 2 is 2.00 bits per heavy atom. The number of aryl methyl sites for hydroxylation is 1. The molecule has 4 rings (SSSR count). The molecule has 2 aliphatic heterocycles. The molecule has 1 amide bonds. The highest BCUT2D eigenvalue weighted by Crippen LogP contribution is 2.28. The van der Waals surface area contributed by atoms with E-state index in [2.05, 4.69) is 21.9 Å². The first kappa shape index (κ1) is 17.5. The fourth-order valence-corrected chi connectivity index (χ4v) is 4.87. The average Bonchev–Trinajstić information content (AvgIpc) is 3.06. The van der Waals surface area contributed by atoms with Crippen LogP contribution in [0.3, 0.4) is 0 Å². The van der Waals surface area contributed by atoms with Gasteiger partial charge in [-0.05, 0) is 38.5 Å². The molecule has 140 valence electrons. The third-order valence-electron chi connectivity index (χ3n) is 5.50. The molecule has 0 saturated carbocycles. The van der Waals surface area contributed by atoms with E-state index in [-0.39, 0.29) is 17.4 Å². The Morgan fingerprint density at radius 1 is 1.23 bits per heavy atom. The number of aromatic nitrogens is 3. The van der Waals surface area contributed by atoms with Gasteiger partial charge in [0.25, 0.3) is 5.56 Å². The highest BCUT2D eigenvalue weighted by atomic mass is 32.1. The predicted molar refractivity (Wildman–Crippen MR) is 102 cm³/mol. The van der Waals surface area contributed by atoms with E-state index in [0.717, 1.165) is 56.4 Å². The van der Waals surface area contributed by atoms with E-state index in [0.29, 0.717) is 17.2 Å². The van der Waals surface area contributed by atoms with E-state index in [9.17, 15) is 9.59 Å². The lowest BCUT2D eigenvalue weighted by Crippen LogP contribution is -2.47. The Labute approximate surface area is 156 Å². The summed E-state index contributed by atoms with van der Waals surface area (Å²) in [7, 11) is 0. The Hall–Kier alpha value is -1.96. The minimum absolute atomic E-state index is 0.0237. The molecule has 2 aromatic rings. The number of carbonyl (C=O) groups excluding carboxylic acids is 1. The van der Waals surface area contributed by atoms with Crippen LogP contribution in [0.15, 0.2) is 10.9 Å². The average molecular weight is 375 g/mol. The van der Waals surface area contributed by atoms with Crippen LogP contribution < -0.4 is 10.5 Å². The molecule has 26 heavy (non-hydrogen) atoms. The predicted octanol–water partition coefficient (Wildman–Crippen LogP) is 1.93. The molecule has 0 radical (unpaired) electrons. The minimum Gasteiger partial charge on any atom is -0.346 e. The molecule has 2 saturated heterocycles. The van der Waals surface area contributed by atoms with Crippen molar-refractivity contribution < 1.29 is 4.79 Å². The second-order valence-corrected chi connectivity index (χ2v) is 8.54. The molecule has 4 heterocycles. The van der Waals surface area contributed by atoms with Crippen LogP contribution in [0.25, 0.3) is 4.96 Å². The van der Waals surface area contributed by atoms with Crippen molar-refractivity contribution in [1.29, 1.82) is 0 Å². The standard InChI is InChI=1S/C18H25N5O2S/c1-12-5-8-21(9-6-12)16(25)14-4-3-7-22(11-14)18-20-23-15(24)10-13(2)19-17(23)26-18/h10,12,14H,3-9,11H2,1-2H3. The van der Waals surface area contributed by atoms with E-state index in [1.165, 1.54) is 21.9 Å². The quantitative estimate of drug-likeness (QED) is 0.802. The van der Waals surface area contributed by atoms with Gasteiger partial charge in [-0.2, -0.15) is 4.52 Å². The van der Waals surface area contributed by atoms with Crippen molar-refractivity contribution in [2.24, 2.45) is 11.8 Å². The SMILES string of the molecule is Cc1cc(=O)n2nc(N3CCCC(C(=O)N4CCC(C)CC4)C3)sc2n1. The van der Waals surface area contributed by atoms with Crippen molar-refractivity contribution in [1.82, 2.24) is 19.5 Å². The van der Waals surface area contributed by atoms with Gasteiger partial charge in [-0.15, -0.1) is 5.10 Å². The van der Waals surface area contributed by atoms with Crippen molar-refractivity contribution in [2.75, 3.05) is 31.1 Å². The third-order valence-corrected chi connectivity index (χ3v) is 6.47. The normalized spacial score (nSPS) is 22.2. The Morgan fingerprint density at radius 3 is 2.77 bits per heavy atom. The topological polar surface area (TPSA) is 70.8 Å². The summed E-state index contributed by atoms with van der Waals surface area (Å²) in [4.78, 5) is 34.2. The lowest BCUT2D eigenvalue weighted by molar-refractivity contribution is -0.137. The summed E-state index contributed by atoms with van der Waals surface area (Å²) in [5.41, 5.74) is 0.554. The Balaban J connectivity index is 1.51. The van der Waals surface area contributed by atoms with E-state index < -0.39 is 0 Å². The number of hydrogen-bond acceptors (Lipinski definition) is 6. The highest BCUT2D eigenvalue weighted by molar-refractivity contribution is 7.20. The fraction of sp³-hybridized carbons (Fsp3) is 0.667. The molecule has 2 aliphatic rings. The molecule has 7 nitrogen and oxygen atoms in total. The van der Waals surface area contributed by atoms with E-state index in [1.54, 1.807) is 0 Å². The van der Waals surface area contributed by atoms with Gasteiger partial charge in [0, 0.05) is 37.9 Å². The number of carbonyl (C=O) groups is 1. The van der Waals surface area contributed by atoms with Crippen LogP contribution in [0.4, 0.5) is 5.13 Å². The maximum atomic E-state index is 12.9. The smallest absolute Gasteiger partial charge is 0.275 e. The number of hydrogen-bond donors (Lipinski definition) is 0. The highest BCUT2D eigenvalue weighted by Gasteiger charge is 2.32. The van der Waals surface area contributed by atoms with Crippen molar-refractivity contribution in [3.63, 3.8) is 0 Å². The molecule has 0 aromatic carbocycles. The number of fused-ring (bicyclic) bond motifs is 1. The molecule has 1 atom stereocenters. The summed E-state index contributed by atoms with van der Waals surface area (Å²) in [6.07, 6.45) is 4.11. The van der Waals surface area contributed by atoms with Gasteiger partial charge in [0.1, 0.15) is 0 Å².